The van der Waals surface area contributed by atoms with Gasteiger partial charge in [0.2, 0.25) is 21.8 Å². The fourth-order valence-corrected chi connectivity index (χ4v) is 4.94. The molecule has 2 heterocycles. The number of nitrogens with zero attached hydrogens (tertiary/aromatic N) is 3. The van der Waals surface area contributed by atoms with Gasteiger partial charge >= 0.3 is 0 Å². The summed E-state index contributed by atoms with van der Waals surface area (Å²) in [5, 5.41) is 31.3. The maximum absolute atomic E-state index is 12.8. The van der Waals surface area contributed by atoms with E-state index in [2.05, 4.69) is 11.2 Å². The van der Waals surface area contributed by atoms with Gasteiger partial charge in [0, 0.05) is 11.5 Å². The quantitative estimate of drug-likeness (QED) is 0.654. The normalized spacial score (nSPS) is 26.5. The summed E-state index contributed by atoms with van der Waals surface area (Å²) in [6.07, 6.45) is -1.31. The summed E-state index contributed by atoms with van der Waals surface area (Å²) < 4.78 is 35.2. The van der Waals surface area contributed by atoms with Gasteiger partial charge in [-0.05, 0) is 56.2 Å². The van der Waals surface area contributed by atoms with Gasteiger partial charge in [-0.25, -0.2) is 18.6 Å². The smallest absolute Gasteiger partial charge is 0.247 e. The minimum atomic E-state index is -3.82. The molecular weight excluding hydrogens is 472 g/mol. The predicted molar refractivity (Wildman–Crippen MR) is 123 cm³/mol. The van der Waals surface area contributed by atoms with Crippen LogP contribution in [0.4, 0.5) is 0 Å². The van der Waals surface area contributed by atoms with Crippen molar-refractivity contribution < 1.29 is 27.8 Å². The molecule has 0 bridgehead atoms. The lowest BCUT2D eigenvalue weighted by atomic mass is 9.87. The highest BCUT2D eigenvalue weighted by Crippen LogP contribution is 2.48. The van der Waals surface area contributed by atoms with Crippen molar-refractivity contribution in [2.75, 3.05) is 0 Å². The number of hydrogen-bond acceptors (Lipinski definition) is 8. The summed E-state index contributed by atoms with van der Waals surface area (Å²) in [5.74, 6) is 0.269. The number of hydrogen-bond donors (Lipinski definition) is 2. The largest absolute Gasteiger partial charge is 0.485 e. The molecule has 2 aliphatic heterocycles. The summed E-state index contributed by atoms with van der Waals surface area (Å²) in [6.45, 7) is 3.62. The molecule has 182 valence electrons. The molecule has 1 amide bonds. The van der Waals surface area contributed by atoms with Crippen LogP contribution in [0.1, 0.15) is 43.1 Å². The number of nitrogens with two attached hydrogens (primary N) is 1. The van der Waals surface area contributed by atoms with Crippen molar-refractivity contribution in [3.63, 3.8) is 0 Å². The van der Waals surface area contributed by atoms with E-state index in [0.29, 0.717) is 34.8 Å². The van der Waals surface area contributed by atoms with Crippen molar-refractivity contribution in [1.82, 2.24) is 5.01 Å². The fourth-order valence-electron chi connectivity index (χ4n) is 4.43. The van der Waals surface area contributed by atoms with Crippen LogP contribution in [0.5, 0.6) is 5.75 Å². The van der Waals surface area contributed by atoms with Crippen LogP contribution < -0.4 is 9.88 Å². The molecule has 0 unspecified atom stereocenters. The van der Waals surface area contributed by atoms with Crippen LogP contribution >= 0.6 is 0 Å². The van der Waals surface area contributed by atoms with Crippen LogP contribution in [0.15, 0.2) is 52.5 Å². The molecule has 4 atom stereocenters. The molecule has 0 aromatic heterocycles. The minimum absolute atomic E-state index is 0.0208. The van der Waals surface area contributed by atoms with Crippen LogP contribution in [0, 0.1) is 23.2 Å². The number of rotatable bonds is 4. The number of nitriles is 1. The Balaban J connectivity index is 1.43. The second-order valence-electron chi connectivity index (χ2n) is 9.52. The molecule has 11 heteroatoms. The number of aliphatic hydroxyl groups is 1. The molecule has 0 spiro atoms. The molecule has 1 fully saturated rings. The molecule has 2 aromatic rings. The Kier molecular flexibility index (Phi) is 5.36. The molecule has 5 rings (SSSR count). The zero-order valence-electron chi connectivity index (χ0n) is 19.1. The molecule has 1 saturated carbocycles. The zero-order chi connectivity index (χ0) is 25.1. The molecule has 0 saturated heterocycles. The summed E-state index contributed by atoms with van der Waals surface area (Å²) in [6, 6.07) is 12.9. The summed E-state index contributed by atoms with van der Waals surface area (Å²) in [4.78, 5) is 12.8. The highest BCUT2D eigenvalue weighted by atomic mass is 32.2. The van der Waals surface area contributed by atoms with Crippen LogP contribution in [0.2, 0.25) is 0 Å². The number of primary sulfonamides is 1. The van der Waals surface area contributed by atoms with Gasteiger partial charge in [-0.3, -0.25) is 4.79 Å². The molecular formula is C24H24N4O6S. The van der Waals surface area contributed by atoms with Crippen molar-refractivity contribution in [2.24, 2.45) is 22.1 Å². The lowest BCUT2D eigenvalue weighted by Gasteiger charge is -2.42. The lowest BCUT2D eigenvalue weighted by Crippen LogP contribution is -2.50. The van der Waals surface area contributed by atoms with E-state index in [1.165, 1.54) is 17.1 Å². The van der Waals surface area contributed by atoms with E-state index in [9.17, 15) is 23.6 Å². The highest BCUT2D eigenvalue weighted by Gasteiger charge is 2.55. The van der Waals surface area contributed by atoms with Gasteiger partial charge in [0.05, 0.1) is 29.0 Å². The summed E-state index contributed by atoms with van der Waals surface area (Å²) in [7, 11) is -3.82. The zero-order valence-corrected chi connectivity index (χ0v) is 19.9. The van der Waals surface area contributed by atoms with E-state index in [0.717, 1.165) is 0 Å². The van der Waals surface area contributed by atoms with E-state index in [4.69, 9.17) is 14.6 Å². The van der Waals surface area contributed by atoms with Crippen molar-refractivity contribution in [3.05, 3.63) is 59.2 Å². The van der Waals surface area contributed by atoms with Gasteiger partial charge in [0.1, 0.15) is 17.5 Å². The van der Waals surface area contributed by atoms with Crippen molar-refractivity contribution >= 4 is 21.8 Å². The van der Waals surface area contributed by atoms with Gasteiger partial charge in [0.15, 0.2) is 6.10 Å². The highest BCUT2D eigenvalue weighted by molar-refractivity contribution is 7.89. The molecule has 0 radical (unpaired) electrons. The second-order valence-corrected chi connectivity index (χ2v) is 11.1. The van der Waals surface area contributed by atoms with Crippen LogP contribution in [0.25, 0.3) is 0 Å². The first kappa shape index (κ1) is 23.3. The fraction of sp³-hybridized carbons (Fsp3) is 0.375. The average molecular weight is 497 g/mol. The topological polar surface area (TPSA) is 155 Å². The lowest BCUT2D eigenvalue weighted by molar-refractivity contribution is -0.135. The third-order valence-corrected chi connectivity index (χ3v) is 7.48. The molecule has 10 nitrogen and oxygen atoms in total. The van der Waals surface area contributed by atoms with Gasteiger partial charge in [0.25, 0.3) is 0 Å². The number of ether oxygens (including phenoxy) is 2. The Morgan fingerprint density at radius 1 is 1.26 bits per heavy atom. The Labute approximate surface area is 202 Å². The average Bonchev–Trinajstić information content (AvgIpc) is 3.61. The molecule has 1 aliphatic carbocycles. The third-order valence-electron chi connectivity index (χ3n) is 6.55. The van der Waals surface area contributed by atoms with Crippen molar-refractivity contribution in [1.29, 1.82) is 5.26 Å². The molecule has 2 aromatic carbocycles. The first-order valence-corrected chi connectivity index (χ1v) is 12.6. The van der Waals surface area contributed by atoms with Crippen LogP contribution in [-0.4, -0.2) is 42.0 Å². The Morgan fingerprint density at radius 2 is 1.97 bits per heavy atom. The number of sulfonamides is 1. The van der Waals surface area contributed by atoms with E-state index in [1.54, 1.807) is 44.2 Å². The summed E-state index contributed by atoms with van der Waals surface area (Å²) >= 11 is 0. The first-order valence-electron chi connectivity index (χ1n) is 11.1. The number of aliphatic hydroxyl groups excluding tert-OH is 1. The van der Waals surface area contributed by atoms with E-state index in [-0.39, 0.29) is 29.2 Å². The maximum atomic E-state index is 12.8. The Morgan fingerprint density at radius 3 is 2.63 bits per heavy atom. The Hall–Kier alpha value is -3.46. The van der Waals surface area contributed by atoms with E-state index < -0.39 is 27.8 Å². The van der Waals surface area contributed by atoms with Gasteiger partial charge < -0.3 is 14.6 Å². The number of benzene rings is 2. The molecule has 35 heavy (non-hydrogen) atoms. The number of carbonyl (C=O) groups excluding carboxylic acids is 1. The van der Waals surface area contributed by atoms with Gasteiger partial charge in [-0.2, -0.15) is 5.26 Å². The maximum Gasteiger partial charge on any atom is 0.247 e. The number of hydrazone groups is 1. The van der Waals surface area contributed by atoms with Crippen molar-refractivity contribution in [3.8, 4) is 11.8 Å². The standard InChI is InChI=1S/C24H24N4O6S/c1-24(2)21(29)20(18-9-14(11-25)5-8-19(18)34-24)33-22-16-10-17(16)23(30)28(27-22)12-13-3-6-15(7-4-13)35(26,31)32/h3-9,16-17,20-21,29H,10,12H2,1-2H3,(H2,26,31,32)/t16-,17+,20+,21-/m0/s1. The minimum Gasteiger partial charge on any atom is -0.485 e. The van der Waals surface area contributed by atoms with Crippen LogP contribution in [-0.2, 0) is 26.1 Å². The molecule has 3 aliphatic rings. The number of amides is 1. The van der Waals surface area contributed by atoms with Gasteiger partial charge in [-0.1, -0.05) is 12.1 Å². The Bertz CT molecular complexity index is 1380. The molecule has 3 N–H and O–H groups in total. The second kappa shape index (κ2) is 8.05. The van der Waals surface area contributed by atoms with Crippen LogP contribution in [0.3, 0.4) is 0 Å². The van der Waals surface area contributed by atoms with E-state index >= 15 is 0 Å². The van der Waals surface area contributed by atoms with E-state index in [1.807, 2.05) is 0 Å². The third kappa shape index (κ3) is 4.25. The number of fused-ring (bicyclic) bond motifs is 2. The summed E-state index contributed by atoms with van der Waals surface area (Å²) in [5.41, 5.74) is 0.661. The van der Waals surface area contributed by atoms with Crippen molar-refractivity contribution in [2.45, 2.75) is 49.5 Å². The monoisotopic (exact) mass is 496 g/mol. The van der Waals surface area contributed by atoms with Gasteiger partial charge in [-0.15, -0.1) is 5.10 Å². The SMILES string of the molecule is CC1(C)Oc2ccc(C#N)cc2[C@@H](OC2=NN(Cc3ccc(S(N)(=O)=O)cc3)C(=O)[C@@H]3C[C@H]23)[C@@H]1O. The first-order chi connectivity index (χ1) is 16.5. The number of carbonyl (C=O) groups is 1. The predicted octanol–water partition coefficient (Wildman–Crippen LogP) is 1.79.